The molecule has 1 aliphatic rings. The van der Waals surface area contributed by atoms with Gasteiger partial charge in [0.15, 0.2) is 0 Å². The molecule has 0 atom stereocenters. The van der Waals surface area contributed by atoms with Gasteiger partial charge in [-0.15, -0.1) is 0 Å². The summed E-state index contributed by atoms with van der Waals surface area (Å²) >= 11 is 9.45. The predicted molar refractivity (Wildman–Crippen MR) is 97.5 cm³/mol. The fourth-order valence-corrected chi connectivity index (χ4v) is 2.94. The maximum atomic E-state index is 12.0. The highest BCUT2D eigenvalue weighted by molar-refractivity contribution is 9.10. The first-order chi connectivity index (χ1) is 11.1. The Morgan fingerprint density at radius 3 is 2.74 bits per heavy atom. The summed E-state index contributed by atoms with van der Waals surface area (Å²) in [7, 11) is 0. The van der Waals surface area contributed by atoms with Crippen molar-refractivity contribution in [2.24, 2.45) is 4.99 Å². The molecule has 0 unspecified atom stereocenters. The van der Waals surface area contributed by atoms with Crippen LogP contribution in [-0.4, -0.2) is 11.7 Å². The molecule has 1 heterocycles. The first kappa shape index (κ1) is 16.0. The topological polar surface area (TPSA) is 41.5 Å². The van der Waals surface area contributed by atoms with E-state index in [1.54, 1.807) is 6.08 Å². The molecule has 23 heavy (non-hydrogen) atoms. The molecule has 0 radical (unpaired) electrons. The lowest BCUT2D eigenvalue weighted by atomic mass is 10.1. The first-order valence-corrected chi connectivity index (χ1v) is 8.38. The van der Waals surface area contributed by atoms with E-state index < -0.39 is 0 Å². The minimum Gasteiger partial charge on any atom is -0.309 e. The van der Waals surface area contributed by atoms with Crippen LogP contribution in [0.25, 0.3) is 6.08 Å². The average molecular weight is 390 g/mol. The summed E-state index contributed by atoms with van der Waals surface area (Å²) in [5, 5.41) is 3.54. The van der Waals surface area contributed by atoms with Crippen molar-refractivity contribution in [3.63, 3.8) is 0 Å². The van der Waals surface area contributed by atoms with Crippen LogP contribution in [0.5, 0.6) is 0 Å². The molecular formula is C18H14BrClN2O. The number of halogens is 2. The van der Waals surface area contributed by atoms with E-state index in [1.165, 1.54) is 0 Å². The van der Waals surface area contributed by atoms with Gasteiger partial charge in [0.05, 0.1) is 0 Å². The normalized spacial score (nSPS) is 15.7. The zero-order valence-corrected chi connectivity index (χ0v) is 14.6. The fraction of sp³-hybridized carbons (Fsp3) is 0.111. The molecule has 0 saturated carbocycles. The summed E-state index contributed by atoms with van der Waals surface area (Å²) in [6.07, 6.45) is 3.23. The van der Waals surface area contributed by atoms with Crippen molar-refractivity contribution < 1.29 is 4.79 Å². The largest absolute Gasteiger partial charge is 0.309 e. The highest BCUT2D eigenvalue weighted by atomic mass is 79.9. The average Bonchev–Trinajstić information content (AvgIpc) is 2.88. The highest BCUT2D eigenvalue weighted by Crippen LogP contribution is 2.21. The maximum absolute atomic E-state index is 12.0. The predicted octanol–water partition coefficient (Wildman–Crippen LogP) is 4.60. The molecule has 1 amide bonds. The number of amides is 1. The quantitative estimate of drug-likeness (QED) is 0.763. The van der Waals surface area contributed by atoms with Crippen molar-refractivity contribution >= 4 is 45.3 Å². The smallest absolute Gasteiger partial charge is 0.275 e. The van der Waals surface area contributed by atoms with E-state index in [2.05, 4.69) is 26.2 Å². The molecule has 1 aliphatic heterocycles. The third kappa shape index (κ3) is 4.09. The zero-order chi connectivity index (χ0) is 16.2. The number of hydrogen-bond donors (Lipinski definition) is 1. The highest BCUT2D eigenvalue weighted by Gasteiger charge is 2.19. The lowest BCUT2D eigenvalue weighted by Gasteiger charge is -2.01. The molecular weight excluding hydrogens is 376 g/mol. The standard InChI is InChI=1S/C18H14BrClN2O/c19-15-7-2-1-5-13(15)11-16-18(23)22-17(21-16)9-8-12-4-3-6-14(20)10-12/h1-7,10-11H,8-9H2,(H,21,22,23)/b16-11-. The fourth-order valence-electron chi connectivity index (χ4n) is 2.33. The Morgan fingerprint density at radius 1 is 1.13 bits per heavy atom. The van der Waals surface area contributed by atoms with Gasteiger partial charge in [-0.05, 0) is 41.8 Å². The monoisotopic (exact) mass is 388 g/mol. The number of amidine groups is 1. The van der Waals surface area contributed by atoms with Gasteiger partial charge in [-0.2, -0.15) is 0 Å². The van der Waals surface area contributed by atoms with Crippen molar-refractivity contribution in [3.05, 3.63) is 74.9 Å². The van der Waals surface area contributed by atoms with Gasteiger partial charge in [0.2, 0.25) is 0 Å². The SMILES string of the molecule is O=C1NC(CCc2cccc(Cl)c2)=N/C1=C\c1ccccc1Br. The summed E-state index contributed by atoms with van der Waals surface area (Å²) in [6, 6.07) is 15.4. The molecule has 0 fully saturated rings. The second kappa shape index (κ2) is 7.11. The summed E-state index contributed by atoms with van der Waals surface area (Å²) < 4.78 is 0.933. The maximum Gasteiger partial charge on any atom is 0.275 e. The van der Waals surface area contributed by atoms with E-state index >= 15 is 0 Å². The van der Waals surface area contributed by atoms with Crippen LogP contribution in [0.4, 0.5) is 0 Å². The van der Waals surface area contributed by atoms with Gasteiger partial charge in [-0.1, -0.05) is 57.9 Å². The van der Waals surface area contributed by atoms with Crippen LogP contribution in [0.3, 0.4) is 0 Å². The van der Waals surface area contributed by atoms with Crippen molar-refractivity contribution in [1.82, 2.24) is 5.32 Å². The van der Waals surface area contributed by atoms with E-state index in [9.17, 15) is 4.79 Å². The van der Waals surface area contributed by atoms with Crippen LogP contribution in [0.15, 0.2) is 63.7 Å². The lowest BCUT2D eigenvalue weighted by molar-refractivity contribution is -0.115. The number of aliphatic imine (C=N–C) groups is 1. The Hall–Kier alpha value is -1.91. The molecule has 1 N–H and O–H groups in total. The molecule has 0 aliphatic carbocycles. The van der Waals surface area contributed by atoms with Crippen LogP contribution in [0, 0.1) is 0 Å². The van der Waals surface area contributed by atoms with E-state index in [1.807, 2.05) is 48.5 Å². The van der Waals surface area contributed by atoms with Gasteiger partial charge in [0.1, 0.15) is 11.5 Å². The summed E-state index contributed by atoms with van der Waals surface area (Å²) in [6.45, 7) is 0. The minimum absolute atomic E-state index is 0.165. The molecule has 3 rings (SSSR count). The second-order valence-electron chi connectivity index (χ2n) is 5.19. The van der Waals surface area contributed by atoms with Crippen molar-refractivity contribution in [1.29, 1.82) is 0 Å². The van der Waals surface area contributed by atoms with Crippen LogP contribution < -0.4 is 5.32 Å². The first-order valence-electron chi connectivity index (χ1n) is 7.21. The number of rotatable bonds is 4. The zero-order valence-electron chi connectivity index (χ0n) is 12.2. The number of carbonyl (C=O) groups excluding carboxylic acids is 1. The van der Waals surface area contributed by atoms with E-state index in [4.69, 9.17) is 11.6 Å². The summed E-state index contributed by atoms with van der Waals surface area (Å²) in [4.78, 5) is 16.4. The Bertz CT molecular complexity index is 814. The Balaban J connectivity index is 1.73. The van der Waals surface area contributed by atoms with Crippen molar-refractivity contribution in [3.8, 4) is 0 Å². The molecule has 116 valence electrons. The second-order valence-corrected chi connectivity index (χ2v) is 6.48. The summed E-state index contributed by atoms with van der Waals surface area (Å²) in [5.74, 6) is 0.523. The molecule has 3 nitrogen and oxygen atoms in total. The Morgan fingerprint density at radius 2 is 1.96 bits per heavy atom. The molecule has 2 aromatic carbocycles. The van der Waals surface area contributed by atoms with Crippen LogP contribution >= 0.6 is 27.5 Å². The van der Waals surface area contributed by atoms with Crippen LogP contribution in [0.1, 0.15) is 17.5 Å². The van der Waals surface area contributed by atoms with E-state index in [-0.39, 0.29) is 5.91 Å². The molecule has 0 spiro atoms. The third-order valence-corrected chi connectivity index (χ3v) is 4.44. The third-order valence-electron chi connectivity index (χ3n) is 3.48. The molecule has 0 bridgehead atoms. The Kier molecular flexibility index (Phi) is 4.94. The van der Waals surface area contributed by atoms with Gasteiger partial charge in [0, 0.05) is 15.9 Å². The van der Waals surface area contributed by atoms with E-state index in [0.717, 1.165) is 27.0 Å². The van der Waals surface area contributed by atoms with Gasteiger partial charge in [-0.3, -0.25) is 4.79 Å². The molecule has 0 aromatic heterocycles. The van der Waals surface area contributed by atoms with Gasteiger partial charge >= 0.3 is 0 Å². The van der Waals surface area contributed by atoms with Crippen molar-refractivity contribution in [2.75, 3.05) is 0 Å². The van der Waals surface area contributed by atoms with Crippen LogP contribution in [-0.2, 0) is 11.2 Å². The molecule has 0 saturated heterocycles. The number of hydrogen-bond acceptors (Lipinski definition) is 2. The number of nitrogens with one attached hydrogen (secondary N) is 1. The van der Waals surface area contributed by atoms with E-state index in [0.29, 0.717) is 18.0 Å². The number of benzene rings is 2. The number of aryl methyl sites for hydroxylation is 1. The number of carbonyl (C=O) groups is 1. The van der Waals surface area contributed by atoms with Gasteiger partial charge < -0.3 is 5.32 Å². The Labute approximate surface area is 148 Å². The summed E-state index contributed by atoms with van der Waals surface area (Å²) in [5.41, 5.74) is 2.48. The molecule has 2 aromatic rings. The molecule has 5 heteroatoms. The van der Waals surface area contributed by atoms with Gasteiger partial charge in [-0.25, -0.2) is 4.99 Å². The van der Waals surface area contributed by atoms with Gasteiger partial charge in [0.25, 0.3) is 5.91 Å². The van der Waals surface area contributed by atoms with Crippen molar-refractivity contribution in [2.45, 2.75) is 12.8 Å². The number of nitrogens with zero attached hydrogens (tertiary/aromatic N) is 1. The minimum atomic E-state index is -0.165. The lowest BCUT2D eigenvalue weighted by Crippen LogP contribution is -2.24. The van der Waals surface area contributed by atoms with Crippen LogP contribution in [0.2, 0.25) is 5.02 Å².